The van der Waals surface area contributed by atoms with Gasteiger partial charge in [0.25, 0.3) is 5.91 Å². The van der Waals surface area contributed by atoms with Crippen LogP contribution in [0.4, 0.5) is 4.39 Å². The second kappa shape index (κ2) is 11.2. The Hall–Kier alpha value is -3.26. The second-order valence-electron chi connectivity index (χ2n) is 9.42. The molecule has 0 unspecified atom stereocenters. The molecule has 0 spiro atoms. The number of halogens is 1. The minimum absolute atomic E-state index is 0.0584. The van der Waals surface area contributed by atoms with Gasteiger partial charge in [-0.3, -0.25) is 14.6 Å². The van der Waals surface area contributed by atoms with Crippen molar-refractivity contribution in [2.45, 2.75) is 13.1 Å². The highest BCUT2D eigenvalue weighted by Gasteiger charge is 2.22. The minimum atomic E-state index is -0.277. The average molecular weight is 490 g/mol. The number of amides is 1. The van der Waals surface area contributed by atoms with Crippen LogP contribution in [-0.2, 0) is 13.1 Å². The van der Waals surface area contributed by atoms with Crippen LogP contribution >= 0.6 is 0 Å². The first-order valence-corrected chi connectivity index (χ1v) is 12.5. The van der Waals surface area contributed by atoms with Crippen LogP contribution in [0.5, 0.6) is 5.75 Å². The Morgan fingerprint density at radius 3 is 2.42 bits per heavy atom. The molecule has 2 heterocycles. The molecule has 2 aliphatic rings. The van der Waals surface area contributed by atoms with Crippen LogP contribution in [0.15, 0.2) is 66.7 Å². The fourth-order valence-electron chi connectivity index (χ4n) is 4.96. The quantitative estimate of drug-likeness (QED) is 0.573. The van der Waals surface area contributed by atoms with Crippen molar-refractivity contribution < 1.29 is 19.0 Å². The van der Waals surface area contributed by atoms with Gasteiger partial charge in [-0.05, 0) is 41.5 Å². The molecule has 188 valence electrons. The zero-order valence-corrected chi connectivity index (χ0v) is 20.4. The monoisotopic (exact) mass is 489 g/mol. The Morgan fingerprint density at radius 2 is 1.67 bits per heavy atom. The molecule has 5 rings (SSSR count). The number of carbonyl (C=O) groups is 1. The molecule has 1 N–H and O–H groups in total. The van der Waals surface area contributed by atoms with Gasteiger partial charge in [-0.25, -0.2) is 4.39 Å². The predicted molar refractivity (Wildman–Crippen MR) is 137 cm³/mol. The van der Waals surface area contributed by atoms with Crippen molar-refractivity contribution in [1.29, 1.82) is 0 Å². The number of aliphatic hydroxyl groups is 1. The van der Waals surface area contributed by atoms with E-state index in [2.05, 4.69) is 21.9 Å². The molecule has 0 aromatic heterocycles. The molecular formula is C29H32FN3O3. The summed E-state index contributed by atoms with van der Waals surface area (Å²) >= 11 is 0. The van der Waals surface area contributed by atoms with Crippen molar-refractivity contribution in [3.8, 4) is 16.9 Å². The molecule has 0 radical (unpaired) electrons. The third kappa shape index (κ3) is 5.59. The van der Waals surface area contributed by atoms with E-state index < -0.39 is 0 Å². The number of benzene rings is 3. The van der Waals surface area contributed by atoms with Gasteiger partial charge in [0.2, 0.25) is 0 Å². The van der Waals surface area contributed by atoms with Gasteiger partial charge in [0.05, 0.1) is 13.2 Å². The van der Waals surface area contributed by atoms with E-state index in [4.69, 9.17) is 9.84 Å². The number of nitrogens with zero attached hydrogens (tertiary/aromatic N) is 3. The largest absolute Gasteiger partial charge is 0.491 e. The summed E-state index contributed by atoms with van der Waals surface area (Å²) in [5, 5.41) is 9.15. The molecule has 7 heteroatoms. The van der Waals surface area contributed by atoms with E-state index in [1.165, 1.54) is 11.6 Å². The summed E-state index contributed by atoms with van der Waals surface area (Å²) < 4.78 is 20.1. The topological polar surface area (TPSA) is 56.2 Å². The third-order valence-corrected chi connectivity index (χ3v) is 7.00. The molecule has 1 saturated heterocycles. The van der Waals surface area contributed by atoms with Gasteiger partial charge in [0.15, 0.2) is 0 Å². The molecule has 3 aromatic rings. The van der Waals surface area contributed by atoms with Crippen molar-refractivity contribution in [1.82, 2.24) is 14.7 Å². The van der Waals surface area contributed by atoms with Crippen molar-refractivity contribution in [3.63, 3.8) is 0 Å². The summed E-state index contributed by atoms with van der Waals surface area (Å²) in [5.41, 5.74) is 4.07. The first-order valence-electron chi connectivity index (χ1n) is 12.5. The van der Waals surface area contributed by atoms with E-state index in [1.807, 2.05) is 11.0 Å². The third-order valence-electron chi connectivity index (χ3n) is 7.00. The molecular weight excluding hydrogens is 457 g/mol. The van der Waals surface area contributed by atoms with Gasteiger partial charge in [-0.2, -0.15) is 0 Å². The Bertz CT molecular complexity index is 1190. The van der Waals surface area contributed by atoms with Gasteiger partial charge < -0.3 is 14.7 Å². The van der Waals surface area contributed by atoms with E-state index in [0.717, 1.165) is 56.1 Å². The number of rotatable bonds is 6. The Balaban J connectivity index is 1.26. The maximum atomic E-state index is 14.1. The van der Waals surface area contributed by atoms with Crippen LogP contribution in [0.2, 0.25) is 0 Å². The molecule has 6 nitrogen and oxygen atoms in total. The lowest BCUT2D eigenvalue weighted by Gasteiger charge is -2.34. The van der Waals surface area contributed by atoms with E-state index in [1.54, 1.807) is 42.5 Å². The zero-order chi connectivity index (χ0) is 24.9. The van der Waals surface area contributed by atoms with Crippen LogP contribution in [0.1, 0.15) is 21.5 Å². The maximum Gasteiger partial charge on any atom is 0.254 e. The fraction of sp³-hybridized carbons (Fsp3) is 0.345. The summed E-state index contributed by atoms with van der Waals surface area (Å²) in [5.74, 6) is 0.495. The maximum absolute atomic E-state index is 14.1. The van der Waals surface area contributed by atoms with Crippen LogP contribution in [0, 0.1) is 5.82 Å². The van der Waals surface area contributed by atoms with E-state index >= 15 is 0 Å². The zero-order valence-electron chi connectivity index (χ0n) is 20.4. The van der Waals surface area contributed by atoms with Crippen molar-refractivity contribution in [2.75, 3.05) is 52.5 Å². The molecule has 1 fully saturated rings. The summed E-state index contributed by atoms with van der Waals surface area (Å²) in [6.45, 7) is 7.10. The fourth-order valence-corrected chi connectivity index (χ4v) is 4.96. The smallest absolute Gasteiger partial charge is 0.254 e. The summed E-state index contributed by atoms with van der Waals surface area (Å²) in [4.78, 5) is 19.9. The number of fused-ring (bicyclic) bond motifs is 1. The highest BCUT2D eigenvalue weighted by Crippen LogP contribution is 2.27. The Labute approximate surface area is 211 Å². The first-order chi connectivity index (χ1) is 17.6. The molecule has 0 aliphatic carbocycles. The number of hydrogen-bond acceptors (Lipinski definition) is 5. The lowest BCUT2D eigenvalue weighted by Crippen LogP contribution is -2.46. The number of carbonyl (C=O) groups excluding carboxylic acids is 1. The Morgan fingerprint density at radius 1 is 0.917 bits per heavy atom. The Kier molecular flexibility index (Phi) is 7.60. The van der Waals surface area contributed by atoms with Gasteiger partial charge >= 0.3 is 0 Å². The van der Waals surface area contributed by atoms with Gasteiger partial charge in [-0.1, -0.05) is 36.4 Å². The van der Waals surface area contributed by atoms with E-state index in [0.29, 0.717) is 30.8 Å². The number of ether oxygens (including phenoxy) is 1. The highest BCUT2D eigenvalue weighted by atomic mass is 19.1. The second-order valence-corrected chi connectivity index (χ2v) is 9.42. The normalized spacial score (nSPS) is 16.8. The molecule has 0 saturated carbocycles. The van der Waals surface area contributed by atoms with Crippen molar-refractivity contribution >= 4 is 5.91 Å². The van der Waals surface area contributed by atoms with Gasteiger partial charge in [0, 0.05) is 62.5 Å². The molecule has 2 aliphatic heterocycles. The highest BCUT2D eigenvalue weighted by molar-refractivity contribution is 5.94. The van der Waals surface area contributed by atoms with E-state index in [-0.39, 0.29) is 18.3 Å². The average Bonchev–Trinajstić information content (AvgIpc) is 3.12. The van der Waals surface area contributed by atoms with E-state index in [9.17, 15) is 9.18 Å². The van der Waals surface area contributed by atoms with Gasteiger partial charge in [0.1, 0.15) is 18.2 Å². The lowest BCUT2D eigenvalue weighted by atomic mass is 10.0. The van der Waals surface area contributed by atoms with Gasteiger partial charge in [-0.15, -0.1) is 0 Å². The summed E-state index contributed by atoms with van der Waals surface area (Å²) in [7, 11) is 0. The standard InChI is InChI=1S/C29H32FN3O3/c30-27-4-2-1-3-26(27)23-6-8-24(9-7-23)29(35)33-16-18-36-28-10-5-22(19-25(28)21-33)20-32-13-11-31(12-14-32)15-17-34/h1-10,19,34H,11-18,20-21H2. The number of piperazine rings is 1. The summed E-state index contributed by atoms with van der Waals surface area (Å²) in [6.07, 6.45) is 0. The van der Waals surface area contributed by atoms with Crippen LogP contribution in [0.25, 0.3) is 11.1 Å². The number of β-amino-alcohol motifs (C(OH)–C–C–N with tert-alkyl or cyclic N) is 1. The SMILES string of the molecule is O=C(c1ccc(-c2ccccc2F)cc1)N1CCOc2ccc(CN3CCN(CCO)CC3)cc2C1. The number of aliphatic hydroxyl groups excluding tert-OH is 1. The van der Waals surface area contributed by atoms with Crippen LogP contribution < -0.4 is 4.74 Å². The molecule has 36 heavy (non-hydrogen) atoms. The predicted octanol–water partition coefficient (Wildman–Crippen LogP) is 3.64. The molecule has 1 amide bonds. The molecule has 0 atom stereocenters. The molecule has 0 bridgehead atoms. The minimum Gasteiger partial charge on any atom is -0.491 e. The first kappa shape index (κ1) is 24.4. The number of hydrogen-bond donors (Lipinski definition) is 1. The van der Waals surface area contributed by atoms with Crippen LogP contribution in [-0.4, -0.2) is 78.2 Å². The van der Waals surface area contributed by atoms with Crippen LogP contribution in [0.3, 0.4) is 0 Å². The molecule has 3 aromatic carbocycles. The lowest BCUT2D eigenvalue weighted by molar-refractivity contribution is 0.0733. The van der Waals surface area contributed by atoms with Crippen molar-refractivity contribution in [3.05, 3.63) is 89.2 Å². The van der Waals surface area contributed by atoms with Crippen molar-refractivity contribution in [2.24, 2.45) is 0 Å². The summed E-state index contributed by atoms with van der Waals surface area (Å²) in [6, 6.07) is 20.1.